The van der Waals surface area contributed by atoms with E-state index >= 15 is 0 Å². The molecule has 15 heavy (non-hydrogen) atoms. The van der Waals surface area contributed by atoms with Gasteiger partial charge in [-0.05, 0) is 42.9 Å². The minimum atomic E-state index is 0.145. The zero-order chi connectivity index (χ0) is 11.4. The van der Waals surface area contributed by atoms with Gasteiger partial charge in [0.1, 0.15) is 6.29 Å². The molecule has 0 saturated heterocycles. The van der Waals surface area contributed by atoms with Gasteiger partial charge < -0.3 is 4.79 Å². The van der Waals surface area contributed by atoms with Crippen LogP contribution in [-0.2, 0) is 11.2 Å². The Morgan fingerprint density at radius 1 is 1.20 bits per heavy atom. The van der Waals surface area contributed by atoms with E-state index in [1.54, 1.807) is 0 Å². The second-order valence-electron chi connectivity index (χ2n) is 4.67. The molecule has 1 unspecified atom stereocenters. The topological polar surface area (TPSA) is 17.1 Å². The third-order valence-electron chi connectivity index (χ3n) is 3.07. The van der Waals surface area contributed by atoms with Gasteiger partial charge in [-0.1, -0.05) is 32.0 Å². The van der Waals surface area contributed by atoms with Crippen LogP contribution in [-0.4, -0.2) is 6.29 Å². The molecule has 82 valence electrons. The van der Waals surface area contributed by atoms with Crippen molar-refractivity contribution in [1.29, 1.82) is 0 Å². The molecule has 0 heterocycles. The number of hydrogen-bond donors (Lipinski definition) is 0. The molecule has 1 nitrogen and oxygen atoms in total. The lowest BCUT2D eigenvalue weighted by Crippen LogP contribution is -2.13. The fraction of sp³-hybridized carbons (Fsp3) is 0.500. The fourth-order valence-corrected chi connectivity index (χ4v) is 1.64. The van der Waals surface area contributed by atoms with Crippen molar-refractivity contribution >= 4 is 6.29 Å². The van der Waals surface area contributed by atoms with E-state index in [9.17, 15) is 4.79 Å². The van der Waals surface area contributed by atoms with E-state index in [0.717, 1.165) is 12.7 Å². The van der Waals surface area contributed by atoms with Gasteiger partial charge in [0.05, 0.1) is 0 Å². The Labute approximate surface area is 92.5 Å². The molecule has 0 aromatic heterocycles. The molecule has 1 rings (SSSR count). The van der Waals surface area contributed by atoms with Crippen LogP contribution < -0.4 is 0 Å². The van der Waals surface area contributed by atoms with Crippen molar-refractivity contribution in [3.05, 3.63) is 34.9 Å². The standard InChI is InChI=1S/C14H20O/c1-10(2)14(9-15)8-13-6-5-11(3)12(4)7-13/h5-7,9-10,14H,8H2,1-4H3. The van der Waals surface area contributed by atoms with E-state index < -0.39 is 0 Å². The minimum Gasteiger partial charge on any atom is -0.303 e. The summed E-state index contributed by atoms with van der Waals surface area (Å²) in [6.45, 7) is 8.42. The highest BCUT2D eigenvalue weighted by atomic mass is 16.1. The molecule has 0 fully saturated rings. The summed E-state index contributed by atoms with van der Waals surface area (Å²) in [5, 5.41) is 0. The molecular formula is C14H20O. The van der Waals surface area contributed by atoms with E-state index in [1.807, 2.05) is 0 Å². The summed E-state index contributed by atoms with van der Waals surface area (Å²) in [4.78, 5) is 10.9. The van der Waals surface area contributed by atoms with Crippen molar-refractivity contribution in [3.8, 4) is 0 Å². The van der Waals surface area contributed by atoms with Gasteiger partial charge >= 0.3 is 0 Å². The first-order valence-corrected chi connectivity index (χ1v) is 5.56. The summed E-state index contributed by atoms with van der Waals surface area (Å²) in [6, 6.07) is 6.45. The maximum atomic E-state index is 10.9. The number of carbonyl (C=O) groups is 1. The van der Waals surface area contributed by atoms with Gasteiger partial charge in [-0.15, -0.1) is 0 Å². The van der Waals surface area contributed by atoms with E-state index in [-0.39, 0.29) is 5.92 Å². The third-order valence-corrected chi connectivity index (χ3v) is 3.07. The first-order chi connectivity index (χ1) is 7.04. The molecule has 0 spiro atoms. The summed E-state index contributed by atoms with van der Waals surface area (Å²) < 4.78 is 0. The second-order valence-corrected chi connectivity index (χ2v) is 4.67. The molecule has 0 aliphatic carbocycles. The van der Waals surface area contributed by atoms with Crippen LogP contribution in [0, 0.1) is 25.7 Å². The zero-order valence-electron chi connectivity index (χ0n) is 10.1. The Kier molecular flexibility index (Phi) is 4.07. The lowest BCUT2D eigenvalue weighted by molar-refractivity contribution is -0.112. The van der Waals surface area contributed by atoms with E-state index in [1.165, 1.54) is 16.7 Å². The van der Waals surface area contributed by atoms with Crippen molar-refractivity contribution in [2.75, 3.05) is 0 Å². The highest BCUT2D eigenvalue weighted by Crippen LogP contribution is 2.17. The third kappa shape index (κ3) is 3.19. The van der Waals surface area contributed by atoms with Crippen molar-refractivity contribution in [2.24, 2.45) is 11.8 Å². The van der Waals surface area contributed by atoms with Gasteiger partial charge in [0.2, 0.25) is 0 Å². The van der Waals surface area contributed by atoms with Crippen LogP contribution in [0.5, 0.6) is 0 Å². The van der Waals surface area contributed by atoms with Crippen LogP contribution in [0.2, 0.25) is 0 Å². The Morgan fingerprint density at radius 2 is 1.87 bits per heavy atom. The van der Waals surface area contributed by atoms with Gasteiger partial charge in [-0.3, -0.25) is 0 Å². The summed E-state index contributed by atoms with van der Waals surface area (Å²) in [5.74, 6) is 0.566. The molecule has 1 aromatic rings. The number of hydrogen-bond acceptors (Lipinski definition) is 1. The summed E-state index contributed by atoms with van der Waals surface area (Å²) >= 11 is 0. The Bertz CT molecular complexity index is 339. The van der Waals surface area contributed by atoms with Gasteiger partial charge in [-0.25, -0.2) is 0 Å². The van der Waals surface area contributed by atoms with Gasteiger partial charge in [0.25, 0.3) is 0 Å². The van der Waals surface area contributed by atoms with Crippen LogP contribution in [0.4, 0.5) is 0 Å². The smallest absolute Gasteiger partial charge is 0.123 e. The lowest BCUT2D eigenvalue weighted by atomic mass is 9.89. The van der Waals surface area contributed by atoms with Gasteiger partial charge in [0.15, 0.2) is 0 Å². The van der Waals surface area contributed by atoms with Gasteiger partial charge in [0, 0.05) is 5.92 Å². The maximum absolute atomic E-state index is 10.9. The van der Waals surface area contributed by atoms with Gasteiger partial charge in [-0.2, -0.15) is 0 Å². The van der Waals surface area contributed by atoms with Crippen LogP contribution >= 0.6 is 0 Å². The Balaban J connectivity index is 2.80. The fourth-order valence-electron chi connectivity index (χ4n) is 1.64. The average Bonchev–Trinajstić information content (AvgIpc) is 2.19. The molecule has 1 aromatic carbocycles. The molecule has 0 radical (unpaired) electrons. The molecule has 0 saturated carbocycles. The quantitative estimate of drug-likeness (QED) is 0.688. The molecule has 0 bridgehead atoms. The summed E-state index contributed by atoms with van der Waals surface area (Å²) in [7, 11) is 0. The van der Waals surface area contributed by atoms with E-state index in [2.05, 4.69) is 45.9 Å². The zero-order valence-corrected chi connectivity index (χ0v) is 10.1. The Morgan fingerprint density at radius 3 is 2.33 bits per heavy atom. The van der Waals surface area contributed by atoms with Crippen molar-refractivity contribution in [3.63, 3.8) is 0 Å². The number of rotatable bonds is 4. The predicted octanol–water partition coefficient (Wildman–Crippen LogP) is 3.32. The first kappa shape index (κ1) is 12.0. The number of aryl methyl sites for hydroxylation is 2. The molecule has 1 atom stereocenters. The normalized spacial score (nSPS) is 12.9. The molecule has 0 aliphatic rings. The van der Waals surface area contributed by atoms with E-state index in [0.29, 0.717) is 5.92 Å². The highest BCUT2D eigenvalue weighted by Gasteiger charge is 2.12. The van der Waals surface area contributed by atoms with Crippen molar-refractivity contribution in [2.45, 2.75) is 34.1 Å². The number of carbonyl (C=O) groups excluding carboxylic acids is 1. The Hall–Kier alpha value is -1.11. The minimum absolute atomic E-state index is 0.145. The van der Waals surface area contributed by atoms with Crippen molar-refractivity contribution in [1.82, 2.24) is 0 Å². The predicted molar refractivity (Wildman–Crippen MR) is 64.0 cm³/mol. The molecular weight excluding hydrogens is 184 g/mol. The highest BCUT2D eigenvalue weighted by molar-refractivity contribution is 5.54. The molecule has 0 amide bonds. The average molecular weight is 204 g/mol. The van der Waals surface area contributed by atoms with Crippen LogP contribution in [0.3, 0.4) is 0 Å². The van der Waals surface area contributed by atoms with Crippen molar-refractivity contribution < 1.29 is 4.79 Å². The summed E-state index contributed by atoms with van der Waals surface area (Å²) in [5.41, 5.74) is 3.88. The SMILES string of the molecule is Cc1ccc(CC(C=O)C(C)C)cc1C. The maximum Gasteiger partial charge on any atom is 0.123 e. The number of benzene rings is 1. The van der Waals surface area contributed by atoms with E-state index in [4.69, 9.17) is 0 Å². The van der Waals surface area contributed by atoms with Crippen LogP contribution in [0.15, 0.2) is 18.2 Å². The van der Waals surface area contributed by atoms with Crippen LogP contribution in [0.25, 0.3) is 0 Å². The molecule has 0 aliphatic heterocycles. The first-order valence-electron chi connectivity index (χ1n) is 5.56. The monoisotopic (exact) mass is 204 g/mol. The second kappa shape index (κ2) is 5.11. The molecule has 1 heteroatoms. The number of aldehydes is 1. The largest absolute Gasteiger partial charge is 0.303 e. The lowest BCUT2D eigenvalue weighted by Gasteiger charge is -2.14. The summed E-state index contributed by atoms with van der Waals surface area (Å²) in [6.07, 6.45) is 1.95. The molecule has 0 N–H and O–H groups in total. The van der Waals surface area contributed by atoms with Crippen LogP contribution in [0.1, 0.15) is 30.5 Å².